The smallest absolute Gasteiger partial charge is 0.365 e. The summed E-state index contributed by atoms with van der Waals surface area (Å²) in [5, 5.41) is 10.8. The minimum Gasteiger partial charge on any atom is -0.476 e. The van der Waals surface area contributed by atoms with E-state index in [2.05, 4.69) is 4.98 Å². The molecule has 4 nitrogen and oxygen atoms in total. The van der Waals surface area contributed by atoms with Gasteiger partial charge in [0.05, 0.1) is 32.2 Å². The lowest BCUT2D eigenvalue weighted by Gasteiger charge is -2.02. The molecule has 2 aromatic rings. The molecule has 0 spiro atoms. The molecule has 1 unspecified atom stereocenters. The van der Waals surface area contributed by atoms with Crippen LogP contribution in [-0.4, -0.2) is 20.3 Å². The molecule has 18 heavy (non-hydrogen) atoms. The maximum atomic E-state index is 12.1. The van der Waals surface area contributed by atoms with Crippen molar-refractivity contribution in [2.75, 3.05) is 0 Å². The maximum absolute atomic E-state index is 12.1. The van der Waals surface area contributed by atoms with Gasteiger partial charge in [0.25, 0.3) is 0 Å². The van der Waals surface area contributed by atoms with Crippen LogP contribution >= 0.6 is 22.9 Å². The zero-order valence-electron chi connectivity index (χ0n) is 9.00. The Labute approximate surface area is 115 Å². The van der Waals surface area contributed by atoms with Gasteiger partial charge in [-0.1, -0.05) is 23.7 Å². The first-order valence-electron chi connectivity index (χ1n) is 4.88. The molecule has 0 amide bonds. The van der Waals surface area contributed by atoms with E-state index >= 15 is 0 Å². The highest BCUT2D eigenvalue weighted by Gasteiger charge is 2.13. The largest absolute Gasteiger partial charge is 0.476 e. The fraction of sp³-hybridized carbons (Fsp3) is 0.0909. The Kier molecular flexibility index (Phi) is 4.11. The van der Waals surface area contributed by atoms with Gasteiger partial charge in [-0.25, -0.2) is 9.78 Å². The van der Waals surface area contributed by atoms with Crippen molar-refractivity contribution in [1.29, 1.82) is 0 Å². The molecule has 0 aliphatic carbocycles. The molecule has 0 saturated heterocycles. The van der Waals surface area contributed by atoms with Crippen LogP contribution in [0.15, 0.2) is 34.5 Å². The molecule has 0 aliphatic rings. The van der Waals surface area contributed by atoms with Crippen molar-refractivity contribution in [3.63, 3.8) is 0 Å². The normalized spacial score (nSPS) is 12.3. The standard InChI is InChI=1S/C11H8ClNO3S2/c12-8-3-1-2-4-9(8)18(16)6-7-5-17-10(13-7)11(14)15/h1-5H,6H2,(H,14,15). The van der Waals surface area contributed by atoms with E-state index in [1.165, 1.54) is 0 Å². The molecule has 1 aromatic heterocycles. The number of rotatable bonds is 4. The quantitative estimate of drug-likeness (QED) is 0.943. The molecular formula is C11H8ClNO3S2. The molecule has 1 heterocycles. The van der Waals surface area contributed by atoms with E-state index in [0.717, 1.165) is 11.3 Å². The average Bonchev–Trinajstić information content (AvgIpc) is 2.78. The third kappa shape index (κ3) is 2.95. The monoisotopic (exact) mass is 301 g/mol. The van der Waals surface area contributed by atoms with E-state index in [9.17, 15) is 9.00 Å². The number of carbonyl (C=O) groups is 1. The summed E-state index contributed by atoms with van der Waals surface area (Å²) >= 11 is 6.96. The second kappa shape index (κ2) is 5.60. The molecule has 2 rings (SSSR count). The van der Waals surface area contributed by atoms with E-state index < -0.39 is 16.8 Å². The predicted molar refractivity (Wildman–Crippen MR) is 70.6 cm³/mol. The molecule has 0 radical (unpaired) electrons. The van der Waals surface area contributed by atoms with Crippen molar-refractivity contribution >= 4 is 39.7 Å². The Hall–Kier alpha value is -1.24. The van der Waals surface area contributed by atoms with Gasteiger partial charge in [0.2, 0.25) is 5.01 Å². The third-order valence-electron chi connectivity index (χ3n) is 2.10. The summed E-state index contributed by atoms with van der Waals surface area (Å²) < 4.78 is 12.1. The van der Waals surface area contributed by atoms with Gasteiger partial charge in [0, 0.05) is 5.38 Å². The number of benzene rings is 1. The first kappa shape index (κ1) is 13.2. The Morgan fingerprint density at radius 3 is 2.78 bits per heavy atom. The molecule has 0 aliphatic heterocycles. The van der Waals surface area contributed by atoms with Crippen LogP contribution in [0.3, 0.4) is 0 Å². The molecule has 7 heteroatoms. The van der Waals surface area contributed by atoms with E-state index in [-0.39, 0.29) is 10.8 Å². The summed E-state index contributed by atoms with van der Waals surface area (Å²) in [5.74, 6) is -0.914. The van der Waals surface area contributed by atoms with Crippen LogP contribution in [0.2, 0.25) is 5.02 Å². The van der Waals surface area contributed by atoms with Crippen LogP contribution in [-0.2, 0) is 16.6 Å². The number of hydrogen-bond acceptors (Lipinski definition) is 4. The van der Waals surface area contributed by atoms with Gasteiger partial charge >= 0.3 is 5.97 Å². The van der Waals surface area contributed by atoms with Gasteiger partial charge in [0.1, 0.15) is 0 Å². The number of nitrogens with zero attached hydrogens (tertiary/aromatic N) is 1. The summed E-state index contributed by atoms with van der Waals surface area (Å²) in [7, 11) is -1.33. The van der Waals surface area contributed by atoms with Gasteiger partial charge in [-0.05, 0) is 12.1 Å². The molecular weight excluding hydrogens is 294 g/mol. The average molecular weight is 302 g/mol. The van der Waals surface area contributed by atoms with Gasteiger partial charge in [-0.3, -0.25) is 4.21 Å². The number of thiazole rings is 1. The van der Waals surface area contributed by atoms with Gasteiger partial charge < -0.3 is 5.11 Å². The molecule has 0 saturated carbocycles. The van der Waals surface area contributed by atoms with E-state index in [1.54, 1.807) is 29.6 Å². The zero-order chi connectivity index (χ0) is 13.1. The topological polar surface area (TPSA) is 67.3 Å². The third-order valence-corrected chi connectivity index (χ3v) is 4.82. The van der Waals surface area contributed by atoms with Gasteiger partial charge in [-0.2, -0.15) is 0 Å². The maximum Gasteiger partial charge on any atom is 0.365 e. The Morgan fingerprint density at radius 1 is 1.44 bits per heavy atom. The van der Waals surface area contributed by atoms with Gasteiger partial charge in [0.15, 0.2) is 0 Å². The van der Waals surface area contributed by atoms with E-state index in [4.69, 9.17) is 16.7 Å². The van der Waals surface area contributed by atoms with Crippen molar-refractivity contribution in [1.82, 2.24) is 4.98 Å². The number of aromatic carboxylic acids is 1. The summed E-state index contributed by atoms with van der Waals surface area (Å²) in [6.07, 6.45) is 0. The lowest BCUT2D eigenvalue weighted by atomic mass is 10.4. The fourth-order valence-corrected chi connectivity index (χ4v) is 3.55. The number of carboxylic acids is 1. The second-order valence-electron chi connectivity index (χ2n) is 3.37. The second-order valence-corrected chi connectivity index (χ2v) is 6.05. The van der Waals surface area contributed by atoms with Crippen molar-refractivity contribution in [2.24, 2.45) is 0 Å². The highest BCUT2D eigenvalue weighted by Crippen LogP contribution is 2.21. The first-order valence-corrected chi connectivity index (χ1v) is 7.46. The van der Waals surface area contributed by atoms with Crippen molar-refractivity contribution in [3.05, 3.63) is 45.4 Å². The summed E-state index contributed by atoms with van der Waals surface area (Å²) in [6, 6.07) is 6.86. The lowest BCUT2D eigenvalue weighted by Crippen LogP contribution is -2.00. The predicted octanol–water partition coefficient (Wildman–Crippen LogP) is 2.80. The molecule has 1 aromatic carbocycles. The molecule has 0 fully saturated rings. The van der Waals surface area contributed by atoms with Gasteiger partial charge in [-0.15, -0.1) is 11.3 Å². The summed E-state index contributed by atoms with van der Waals surface area (Å²) in [4.78, 5) is 15.1. The van der Waals surface area contributed by atoms with Crippen LogP contribution in [0.1, 0.15) is 15.5 Å². The summed E-state index contributed by atoms with van der Waals surface area (Å²) in [5.41, 5.74) is 0.496. The van der Waals surface area contributed by atoms with E-state index in [0.29, 0.717) is 15.6 Å². The van der Waals surface area contributed by atoms with Crippen LogP contribution < -0.4 is 0 Å². The SMILES string of the molecule is O=C(O)c1nc(CS(=O)c2ccccc2Cl)cs1. The number of carboxylic acid groups (broad SMARTS) is 1. The Bertz CT molecular complexity index is 612. The van der Waals surface area contributed by atoms with Crippen LogP contribution in [0.25, 0.3) is 0 Å². The van der Waals surface area contributed by atoms with Crippen LogP contribution in [0, 0.1) is 0 Å². The van der Waals surface area contributed by atoms with Crippen LogP contribution in [0.4, 0.5) is 0 Å². The molecule has 94 valence electrons. The van der Waals surface area contributed by atoms with Crippen LogP contribution in [0.5, 0.6) is 0 Å². The number of aromatic nitrogens is 1. The van der Waals surface area contributed by atoms with Crippen molar-refractivity contribution in [2.45, 2.75) is 10.6 Å². The first-order chi connectivity index (χ1) is 8.58. The minimum atomic E-state index is -1.33. The Morgan fingerprint density at radius 2 is 2.17 bits per heavy atom. The lowest BCUT2D eigenvalue weighted by molar-refractivity contribution is 0.0696. The van der Waals surface area contributed by atoms with Crippen molar-refractivity contribution in [3.8, 4) is 0 Å². The van der Waals surface area contributed by atoms with E-state index in [1.807, 2.05) is 0 Å². The molecule has 1 N–H and O–H groups in total. The van der Waals surface area contributed by atoms with Crippen molar-refractivity contribution < 1.29 is 14.1 Å². The highest BCUT2D eigenvalue weighted by atomic mass is 35.5. The number of hydrogen-bond donors (Lipinski definition) is 1. The number of halogens is 1. The highest BCUT2D eigenvalue weighted by molar-refractivity contribution is 7.84. The minimum absolute atomic E-state index is 0.00107. The summed E-state index contributed by atoms with van der Waals surface area (Å²) in [6.45, 7) is 0. The molecule has 0 bridgehead atoms. The zero-order valence-corrected chi connectivity index (χ0v) is 11.4. The Balaban J connectivity index is 2.16. The fourth-order valence-electron chi connectivity index (χ4n) is 1.31. The molecule has 1 atom stereocenters.